The average Bonchev–Trinajstić information content (AvgIpc) is 3.11. The fourth-order valence-corrected chi connectivity index (χ4v) is 9.34. The summed E-state index contributed by atoms with van der Waals surface area (Å²) in [6, 6.07) is -0.871. The summed E-state index contributed by atoms with van der Waals surface area (Å²) in [6.45, 7) is 21.0. The van der Waals surface area contributed by atoms with Gasteiger partial charge in [0.1, 0.15) is 23.9 Å². The number of rotatable bonds is 9. The molecule has 0 saturated carbocycles. The average molecular weight is 785 g/mol. The van der Waals surface area contributed by atoms with Crippen LogP contribution >= 0.6 is 0 Å². The standard InChI is InChI=1S/C42H76N2O11/c1-15-18-19-43(13)30-20-25(5)51-39(33(30)45)55-37-26(6)34(54-32-22-40(10,17-3)36(47)29(9)52-32)27(7)38(48)53-31(16-2)42(12,50)35(46)28(8)44(14)23-24(4)21-41(37,11)49/h1,24-37,39,45-47,49-50H,16-23H2,2-14H3/t24-,25-,26+,27-,28-,29+,30+,31-,32+,33-,34+,35-,36+,37-,39+,40-,41-,42-/m1/s1. The van der Waals surface area contributed by atoms with Crippen molar-refractivity contribution >= 4 is 5.97 Å². The third kappa shape index (κ3) is 11.2. The van der Waals surface area contributed by atoms with Crippen molar-refractivity contribution in [2.24, 2.45) is 23.2 Å². The molecule has 3 rings (SSSR count). The Morgan fingerprint density at radius 3 is 2.20 bits per heavy atom. The van der Waals surface area contributed by atoms with Gasteiger partial charge in [-0.2, -0.15) is 0 Å². The minimum absolute atomic E-state index is 0.146. The van der Waals surface area contributed by atoms with Crippen molar-refractivity contribution in [2.45, 2.75) is 199 Å². The van der Waals surface area contributed by atoms with Gasteiger partial charge in [0.05, 0.1) is 42.0 Å². The van der Waals surface area contributed by atoms with Crippen molar-refractivity contribution in [3.63, 3.8) is 0 Å². The molecule has 0 spiro atoms. The molecular weight excluding hydrogens is 708 g/mol. The molecule has 0 aromatic heterocycles. The first kappa shape index (κ1) is 48.0. The normalized spacial score (nSPS) is 47.4. The number of carbonyl (C=O) groups is 1. The summed E-state index contributed by atoms with van der Waals surface area (Å²) in [6.07, 6.45) is -0.932. The first-order chi connectivity index (χ1) is 25.4. The quantitative estimate of drug-likeness (QED) is 0.171. The lowest BCUT2D eigenvalue weighted by atomic mass is 9.74. The molecule has 0 aromatic carbocycles. The number of carbonyl (C=O) groups excluding carboxylic acids is 1. The van der Waals surface area contributed by atoms with Crippen molar-refractivity contribution in [3.05, 3.63) is 0 Å². The highest BCUT2D eigenvalue weighted by Crippen LogP contribution is 2.43. The van der Waals surface area contributed by atoms with Crippen LogP contribution in [0.5, 0.6) is 0 Å². The lowest BCUT2D eigenvalue weighted by molar-refractivity contribution is -0.313. The zero-order valence-electron chi connectivity index (χ0n) is 36.0. The van der Waals surface area contributed by atoms with Gasteiger partial charge >= 0.3 is 5.97 Å². The fourth-order valence-electron chi connectivity index (χ4n) is 9.34. The van der Waals surface area contributed by atoms with Crippen LogP contribution in [0.2, 0.25) is 0 Å². The smallest absolute Gasteiger partial charge is 0.311 e. The maximum Gasteiger partial charge on any atom is 0.311 e. The number of aliphatic hydroxyl groups is 5. The lowest BCUT2D eigenvalue weighted by Crippen LogP contribution is -2.60. The molecule has 0 unspecified atom stereocenters. The predicted octanol–water partition coefficient (Wildman–Crippen LogP) is 3.31. The summed E-state index contributed by atoms with van der Waals surface area (Å²) in [5.41, 5.74) is -3.89. The number of ether oxygens (including phenoxy) is 5. The van der Waals surface area contributed by atoms with E-state index in [1.54, 1.807) is 27.7 Å². The maximum atomic E-state index is 14.3. The highest BCUT2D eigenvalue weighted by atomic mass is 16.7. The van der Waals surface area contributed by atoms with Gasteiger partial charge in [0.25, 0.3) is 0 Å². The van der Waals surface area contributed by atoms with Gasteiger partial charge in [-0.3, -0.25) is 9.69 Å². The molecule has 18 atom stereocenters. The van der Waals surface area contributed by atoms with Crippen LogP contribution in [0, 0.1) is 35.5 Å². The van der Waals surface area contributed by atoms with E-state index >= 15 is 0 Å². The molecule has 13 nitrogen and oxygen atoms in total. The lowest BCUT2D eigenvalue weighted by Gasteiger charge is -2.49. The van der Waals surface area contributed by atoms with Crippen molar-refractivity contribution < 1.29 is 54.0 Å². The van der Waals surface area contributed by atoms with E-state index in [0.29, 0.717) is 38.8 Å². The number of nitrogens with zero attached hydrogens (tertiary/aromatic N) is 2. The monoisotopic (exact) mass is 785 g/mol. The third-order valence-electron chi connectivity index (χ3n) is 13.2. The molecule has 5 N–H and O–H groups in total. The van der Waals surface area contributed by atoms with Crippen LogP contribution in [-0.4, -0.2) is 153 Å². The Balaban J connectivity index is 2.17. The second-order valence-corrected chi connectivity index (χ2v) is 18.1. The Labute approximate surface area is 331 Å². The van der Waals surface area contributed by atoms with Crippen LogP contribution in [0.3, 0.4) is 0 Å². The molecule has 0 amide bonds. The number of cyclic esters (lactones) is 1. The Hall–Kier alpha value is -1.41. The number of likely N-dealkylation sites (N-methyl/N-ethyl adjacent to an activating group) is 2. The first-order valence-electron chi connectivity index (χ1n) is 20.6. The molecule has 55 heavy (non-hydrogen) atoms. The van der Waals surface area contributed by atoms with Crippen molar-refractivity contribution in [1.29, 1.82) is 0 Å². The van der Waals surface area contributed by atoms with Crippen LogP contribution < -0.4 is 0 Å². The molecule has 0 radical (unpaired) electrons. The van der Waals surface area contributed by atoms with Crippen LogP contribution in [-0.2, 0) is 28.5 Å². The van der Waals surface area contributed by atoms with E-state index in [4.69, 9.17) is 30.1 Å². The summed E-state index contributed by atoms with van der Waals surface area (Å²) in [7, 11) is 3.75. The van der Waals surface area contributed by atoms with E-state index in [1.807, 2.05) is 65.4 Å². The zero-order valence-corrected chi connectivity index (χ0v) is 36.0. The van der Waals surface area contributed by atoms with E-state index in [0.717, 1.165) is 0 Å². The van der Waals surface area contributed by atoms with Gasteiger partial charge in [-0.1, -0.05) is 34.6 Å². The van der Waals surface area contributed by atoms with E-state index in [2.05, 4.69) is 5.92 Å². The minimum atomic E-state index is -1.80. The summed E-state index contributed by atoms with van der Waals surface area (Å²) in [5, 5.41) is 58.8. The Bertz CT molecular complexity index is 1260. The highest BCUT2D eigenvalue weighted by Gasteiger charge is 2.52. The Kier molecular flexibility index (Phi) is 17.1. The largest absolute Gasteiger partial charge is 0.459 e. The van der Waals surface area contributed by atoms with Crippen LogP contribution in [0.15, 0.2) is 0 Å². The predicted molar refractivity (Wildman–Crippen MR) is 210 cm³/mol. The summed E-state index contributed by atoms with van der Waals surface area (Å²) in [5.74, 6) is 0.125. The van der Waals surface area contributed by atoms with Crippen molar-refractivity contribution in [2.75, 3.05) is 27.2 Å². The summed E-state index contributed by atoms with van der Waals surface area (Å²) >= 11 is 0. The number of terminal acetylenes is 1. The molecule has 13 heteroatoms. The van der Waals surface area contributed by atoms with Gasteiger partial charge < -0.3 is 54.1 Å². The summed E-state index contributed by atoms with van der Waals surface area (Å²) in [4.78, 5) is 18.2. The Morgan fingerprint density at radius 1 is 0.982 bits per heavy atom. The van der Waals surface area contributed by atoms with Crippen molar-refractivity contribution in [1.82, 2.24) is 9.80 Å². The molecule has 3 aliphatic heterocycles. The molecule has 3 aliphatic rings. The van der Waals surface area contributed by atoms with E-state index < -0.39 is 95.8 Å². The van der Waals surface area contributed by atoms with Gasteiger partial charge in [-0.15, -0.1) is 12.3 Å². The van der Waals surface area contributed by atoms with Gasteiger partial charge in [0.2, 0.25) is 0 Å². The van der Waals surface area contributed by atoms with Crippen LogP contribution in [0.1, 0.15) is 115 Å². The molecule has 3 saturated heterocycles. The van der Waals surface area contributed by atoms with Crippen molar-refractivity contribution in [3.8, 4) is 12.3 Å². The number of hydrogen-bond acceptors (Lipinski definition) is 13. The Morgan fingerprint density at radius 2 is 1.62 bits per heavy atom. The van der Waals surface area contributed by atoms with E-state index in [-0.39, 0.29) is 30.9 Å². The fraction of sp³-hybridized carbons (Fsp3) is 0.929. The number of hydrogen-bond donors (Lipinski definition) is 5. The van der Waals surface area contributed by atoms with Gasteiger partial charge in [-0.25, -0.2) is 0 Å². The van der Waals surface area contributed by atoms with Crippen LogP contribution in [0.25, 0.3) is 0 Å². The minimum Gasteiger partial charge on any atom is -0.459 e. The molecule has 0 aromatic rings. The number of aliphatic hydroxyl groups excluding tert-OH is 3. The van der Waals surface area contributed by atoms with Crippen LogP contribution in [0.4, 0.5) is 0 Å². The molecule has 0 aliphatic carbocycles. The second kappa shape index (κ2) is 19.6. The molecule has 320 valence electrons. The number of esters is 1. The summed E-state index contributed by atoms with van der Waals surface area (Å²) < 4.78 is 32.2. The van der Waals surface area contributed by atoms with Gasteiger partial charge in [-0.05, 0) is 87.2 Å². The highest BCUT2D eigenvalue weighted by molar-refractivity contribution is 5.73. The SMILES string of the molecule is C#CCCN(C)[C@H]1C[C@@H](C)O[C@@H](O[C@@H]2[C@@H](C)[C@H](O[C@H]3C[C@@](C)(CC)[C@@H](O)[C@H](C)O3)[C@@H](C)C(=O)O[C@H](CC)[C@@](C)(O)[C@H](O)[C@@H](C)N(C)C[C@H](C)C[C@@]2(C)O)[C@@H]1O. The van der Waals surface area contributed by atoms with Gasteiger partial charge in [0.15, 0.2) is 12.6 Å². The van der Waals surface area contributed by atoms with Gasteiger partial charge in [0, 0.05) is 49.3 Å². The first-order valence-corrected chi connectivity index (χ1v) is 20.6. The molecule has 0 bridgehead atoms. The van der Waals surface area contributed by atoms with E-state index in [1.165, 1.54) is 6.92 Å². The second-order valence-electron chi connectivity index (χ2n) is 18.1. The molecule has 3 fully saturated rings. The van der Waals surface area contributed by atoms with E-state index in [9.17, 15) is 30.3 Å². The third-order valence-corrected chi connectivity index (χ3v) is 13.2. The topological polar surface area (TPSA) is 171 Å². The molecule has 3 heterocycles. The maximum absolute atomic E-state index is 14.3. The molecular formula is C42H76N2O11. The zero-order chi connectivity index (χ0) is 41.8.